The molecule has 0 radical (unpaired) electrons. The monoisotopic (exact) mass is 398 g/mol. The van der Waals surface area contributed by atoms with E-state index in [9.17, 15) is 4.79 Å². The van der Waals surface area contributed by atoms with E-state index in [4.69, 9.17) is 16.0 Å². The van der Waals surface area contributed by atoms with Crippen molar-refractivity contribution in [1.82, 2.24) is 9.97 Å². The molecule has 1 N–H and O–H groups in total. The number of benzene rings is 1. The molecule has 2 heterocycles. The van der Waals surface area contributed by atoms with E-state index in [-0.39, 0.29) is 12.3 Å². The fourth-order valence-corrected chi connectivity index (χ4v) is 2.94. The fourth-order valence-electron chi connectivity index (χ4n) is 2.81. The number of oxazole rings is 1. The van der Waals surface area contributed by atoms with E-state index in [1.54, 1.807) is 24.5 Å². The van der Waals surface area contributed by atoms with E-state index in [1.807, 2.05) is 24.3 Å². The molecule has 0 spiro atoms. The van der Waals surface area contributed by atoms with Crippen molar-refractivity contribution in [3.05, 3.63) is 59.7 Å². The Bertz CT molecular complexity index is 903. The lowest BCUT2D eigenvalue weighted by Gasteiger charge is -2.19. The number of nitrogens with zero attached hydrogens (tertiary/aromatic N) is 3. The lowest BCUT2D eigenvalue weighted by molar-refractivity contribution is -0.116. The maximum absolute atomic E-state index is 12.2. The molecule has 6 nitrogen and oxygen atoms in total. The number of anilines is 2. The van der Waals surface area contributed by atoms with Crippen LogP contribution in [0.1, 0.15) is 26.2 Å². The Labute approximate surface area is 169 Å². The Morgan fingerprint density at radius 3 is 2.46 bits per heavy atom. The molecule has 0 atom stereocenters. The van der Waals surface area contributed by atoms with Gasteiger partial charge in [0.05, 0.1) is 18.1 Å². The number of pyridine rings is 1. The summed E-state index contributed by atoms with van der Waals surface area (Å²) in [4.78, 5) is 23.0. The van der Waals surface area contributed by atoms with Crippen molar-refractivity contribution in [3.63, 3.8) is 0 Å². The van der Waals surface area contributed by atoms with Crippen LogP contribution in [0.3, 0.4) is 0 Å². The number of rotatable bonds is 8. The van der Waals surface area contributed by atoms with Crippen molar-refractivity contribution in [2.75, 3.05) is 23.3 Å². The summed E-state index contributed by atoms with van der Waals surface area (Å²) in [6.07, 6.45) is 4.03. The van der Waals surface area contributed by atoms with Gasteiger partial charge in [0, 0.05) is 36.5 Å². The molecule has 1 amide bonds. The second-order valence-electron chi connectivity index (χ2n) is 6.25. The third kappa shape index (κ3) is 5.10. The molecular weight excluding hydrogens is 376 g/mol. The Morgan fingerprint density at radius 1 is 1.07 bits per heavy atom. The number of amides is 1. The van der Waals surface area contributed by atoms with Crippen LogP contribution in [-0.4, -0.2) is 29.0 Å². The highest BCUT2D eigenvalue weighted by molar-refractivity contribution is 6.30. The Balaban J connectivity index is 1.52. The Kier molecular flexibility index (Phi) is 6.66. The van der Waals surface area contributed by atoms with E-state index >= 15 is 0 Å². The van der Waals surface area contributed by atoms with Crippen LogP contribution in [0.2, 0.25) is 5.02 Å². The molecule has 0 aliphatic heterocycles. The molecule has 0 fully saturated rings. The first kappa shape index (κ1) is 19.9. The zero-order valence-corrected chi connectivity index (χ0v) is 16.7. The van der Waals surface area contributed by atoms with Gasteiger partial charge in [-0.2, -0.15) is 0 Å². The Hall–Kier alpha value is -2.86. The molecule has 1 aromatic carbocycles. The lowest BCUT2D eigenvalue weighted by Crippen LogP contribution is -2.22. The number of nitrogens with one attached hydrogen (secondary N) is 1. The van der Waals surface area contributed by atoms with Crippen LogP contribution in [0.15, 0.2) is 53.2 Å². The summed E-state index contributed by atoms with van der Waals surface area (Å²) in [5.41, 5.74) is 1.57. The summed E-state index contributed by atoms with van der Waals surface area (Å²) >= 11 is 5.90. The largest absolute Gasteiger partial charge is 0.441 e. The average molecular weight is 399 g/mol. The van der Waals surface area contributed by atoms with E-state index in [0.717, 1.165) is 24.5 Å². The molecule has 146 valence electrons. The van der Waals surface area contributed by atoms with E-state index in [1.165, 1.54) is 0 Å². The highest BCUT2D eigenvalue weighted by Gasteiger charge is 2.10. The molecule has 2 aromatic heterocycles. The van der Waals surface area contributed by atoms with Gasteiger partial charge in [-0.15, -0.1) is 0 Å². The second-order valence-corrected chi connectivity index (χ2v) is 6.69. The van der Waals surface area contributed by atoms with Crippen molar-refractivity contribution in [2.24, 2.45) is 0 Å². The number of hydrogen-bond donors (Lipinski definition) is 1. The average Bonchev–Trinajstić information content (AvgIpc) is 3.18. The minimum atomic E-state index is -0.108. The quantitative estimate of drug-likeness (QED) is 0.589. The van der Waals surface area contributed by atoms with Crippen LogP contribution >= 0.6 is 11.6 Å². The number of aromatic nitrogens is 2. The molecule has 0 aliphatic rings. The number of hydrogen-bond acceptors (Lipinski definition) is 5. The third-order valence-corrected chi connectivity index (χ3v) is 4.62. The molecule has 0 aliphatic carbocycles. The standard InChI is InChI=1S/C21H23ClN4O2/c1-3-26(4-2)19-10-9-17(13-23-19)25-20(27)11-12-21-24-14-18(28-21)15-5-7-16(22)8-6-15/h5-10,13-14H,3-4,11-12H2,1-2H3,(H,25,27). The fraction of sp³-hybridized carbons (Fsp3) is 0.286. The van der Waals surface area contributed by atoms with Gasteiger partial charge in [-0.3, -0.25) is 4.79 Å². The van der Waals surface area contributed by atoms with Crippen molar-refractivity contribution < 1.29 is 9.21 Å². The molecule has 3 rings (SSSR count). The molecule has 0 saturated heterocycles. The molecule has 0 unspecified atom stereocenters. The predicted octanol–water partition coefficient (Wildman–Crippen LogP) is 4.81. The van der Waals surface area contributed by atoms with Gasteiger partial charge in [-0.25, -0.2) is 9.97 Å². The summed E-state index contributed by atoms with van der Waals surface area (Å²) in [7, 11) is 0. The maximum atomic E-state index is 12.2. The molecule has 7 heteroatoms. The summed E-state index contributed by atoms with van der Waals surface area (Å²) in [5, 5.41) is 3.52. The first-order chi connectivity index (χ1) is 13.6. The maximum Gasteiger partial charge on any atom is 0.224 e. The highest BCUT2D eigenvalue weighted by Crippen LogP contribution is 2.23. The van der Waals surface area contributed by atoms with Crippen LogP contribution in [-0.2, 0) is 11.2 Å². The lowest BCUT2D eigenvalue weighted by atomic mass is 10.2. The van der Waals surface area contributed by atoms with Crippen molar-refractivity contribution >= 4 is 29.0 Å². The second kappa shape index (κ2) is 9.37. The van der Waals surface area contributed by atoms with Gasteiger partial charge in [0.25, 0.3) is 0 Å². The molecule has 28 heavy (non-hydrogen) atoms. The number of carbonyl (C=O) groups excluding carboxylic acids is 1. The van der Waals surface area contributed by atoms with E-state index in [0.29, 0.717) is 28.8 Å². The van der Waals surface area contributed by atoms with Crippen LogP contribution in [0, 0.1) is 0 Å². The normalized spacial score (nSPS) is 10.7. The van der Waals surface area contributed by atoms with Gasteiger partial charge in [-0.05, 0) is 50.2 Å². The SMILES string of the molecule is CCN(CC)c1ccc(NC(=O)CCc2ncc(-c3ccc(Cl)cc3)o2)cn1. The van der Waals surface area contributed by atoms with Gasteiger partial charge in [-0.1, -0.05) is 11.6 Å². The van der Waals surface area contributed by atoms with Crippen LogP contribution in [0.25, 0.3) is 11.3 Å². The van der Waals surface area contributed by atoms with Gasteiger partial charge < -0.3 is 14.6 Å². The summed E-state index contributed by atoms with van der Waals surface area (Å²) < 4.78 is 5.72. The van der Waals surface area contributed by atoms with E-state index in [2.05, 4.69) is 34.0 Å². The van der Waals surface area contributed by atoms with Crippen molar-refractivity contribution in [2.45, 2.75) is 26.7 Å². The zero-order chi connectivity index (χ0) is 19.9. The topological polar surface area (TPSA) is 71.3 Å². The van der Waals surface area contributed by atoms with Gasteiger partial charge in [0.2, 0.25) is 5.91 Å². The van der Waals surface area contributed by atoms with Crippen LogP contribution in [0.4, 0.5) is 11.5 Å². The van der Waals surface area contributed by atoms with Gasteiger partial charge in [0.1, 0.15) is 5.82 Å². The van der Waals surface area contributed by atoms with Crippen LogP contribution < -0.4 is 10.2 Å². The smallest absolute Gasteiger partial charge is 0.224 e. The number of halogens is 1. The molecule has 0 bridgehead atoms. The van der Waals surface area contributed by atoms with Crippen LogP contribution in [0.5, 0.6) is 0 Å². The highest BCUT2D eigenvalue weighted by atomic mass is 35.5. The predicted molar refractivity (Wildman–Crippen MR) is 112 cm³/mol. The van der Waals surface area contributed by atoms with Crippen molar-refractivity contribution in [3.8, 4) is 11.3 Å². The van der Waals surface area contributed by atoms with Gasteiger partial charge >= 0.3 is 0 Å². The number of carbonyl (C=O) groups is 1. The summed E-state index contributed by atoms with van der Waals surface area (Å²) in [6, 6.07) is 11.1. The first-order valence-corrected chi connectivity index (χ1v) is 9.68. The van der Waals surface area contributed by atoms with E-state index < -0.39 is 0 Å². The molecule has 0 saturated carbocycles. The van der Waals surface area contributed by atoms with Crippen molar-refractivity contribution in [1.29, 1.82) is 0 Å². The van der Waals surface area contributed by atoms with Gasteiger partial charge in [0.15, 0.2) is 11.7 Å². The zero-order valence-electron chi connectivity index (χ0n) is 16.0. The minimum absolute atomic E-state index is 0.108. The Morgan fingerprint density at radius 2 is 1.82 bits per heavy atom. The first-order valence-electron chi connectivity index (χ1n) is 9.30. The molecular formula is C21H23ClN4O2. The third-order valence-electron chi connectivity index (χ3n) is 4.37. The molecule has 3 aromatic rings. The minimum Gasteiger partial charge on any atom is -0.441 e. The summed E-state index contributed by atoms with van der Waals surface area (Å²) in [5.74, 6) is 1.97. The number of aryl methyl sites for hydroxylation is 1. The summed E-state index contributed by atoms with van der Waals surface area (Å²) in [6.45, 7) is 5.95.